The number of nitrogens with zero attached hydrogens (tertiary/aromatic N) is 2. The van der Waals surface area contributed by atoms with Crippen LogP contribution in [0, 0.1) is 0 Å². The van der Waals surface area contributed by atoms with Crippen LogP contribution in [0.15, 0.2) is 17.0 Å². The third-order valence-corrected chi connectivity index (χ3v) is 7.00. The molecule has 0 bridgehead atoms. The molecule has 2 heterocycles. The molecule has 2 atom stereocenters. The van der Waals surface area contributed by atoms with E-state index in [1.165, 1.54) is 14.0 Å². The minimum atomic E-state index is -0.978. The van der Waals surface area contributed by atoms with Gasteiger partial charge in [-0.1, -0.05) is 18.5 Å². The lowest BCUT2D eigenvalue weighted by Gasteiger charge is -2.45. The fraction of sp³-hybridized carbons (Fsp3) is 0.476. The van der Waals surface area contributed by atoms with Crippen molar-refractivity contribution in [1.29, 1.82) is 0 Å². The van der Waals surface area contributed by atoms with E-state index in [1.807, 2.05) is 12.1 Å². The van der Waals surface area contributed by atoms with Crippen molar-refractivity contribution in [3.63, 3.8) is 0 Å². The highest BCUT2D eigenvalue weighted by atomic mass is 35.5. The third-order valence-electron chi connectivity index (χ3n) is 5.79. The van der Waals surface area contributed by atoms with Gasteiger partial charge in [-0.05, 0) is 74.2 Å². The van der Waals surface area contributed by atoms with E-state index in [0.29, 0.717) is 16.5 Å². The first-order valence-corrected chi connectivity index (χ1v) is 10.6. The summed E-state index contributed by atoms with van der Waals surface area (Å²) in [6, 6.07) is 2.93. The average molecular weight is 437 g/mol. The van der Waals surface area contributed by atoms with Gasteiger partial charge in [0.05, 0.1) is 12.0 Å². The lowest BCUT2D eigenvalue weighted by Crippen LogP contribution is -2.45. The SMILES string of the molecule is COC(=O)[C@@H](C)N1C(=O)S/C(=C/c2cc3c(cc2Cl)N(C)C(C)(C)C[C@@H]3C)C1=O. The molecule has 2 amide bonds. The molecule has 2 aliphatic heterocycles. The number of carbonyl (C=O) groups is 3. The van der Waals surface area contributed by atoms with Crippen molar-refractivity contribution < 1.29 is 19.1 Å². The van der Waals surface area contributed by atoms with Gasteiger partial charge in [0.1, 0.15) is 6.04 Å². The minimum Gasteiger partial charge on any atom is -0.467 e. The number of ether oxygens (including phenoxy) is 1. The Morgan fingerprint density at radius 3 is 2.66 bits per heavy atom. The number of methoxy groups -OCH3 is 1. The first-order valence-electron chi connectivity index (χ1n) is 9.40. The highest BCUT2D eigenvalue weighted by Crippen LogP contribution is 2.45. The largest absolute Gasteiger partial charge is 0.467 e. The van der Waals surface area contributed by atoms with Crippen LogP contribution in [0.5, 0.6) is 0 Å². The Morgan fingerprint density at radius 2 is 2.03 bits per heavy atom. The van der Waals surface area contributed by atoms with Gasteiger partial charge in [-0.25, -0.2) is 4.79 Å². The van der Waals surface area contributed by atoms with Gasteiger partial charge in [-0.3, -0.25) is 14.5 Å². The third kappa shape index (κ3) is 3.78. The van der Waals surface area contributed by atoms with Crippen molar-refractivity contribution in [2.45, 2.75) is 51.6 Å². The number of halogens is 1. The molecule has 156 valence electrons. The quantitative estimate of drug-likeness (QED) is 0.507. The van der Waals surface area contributed by atoms with Crippen LogP contribution in [0.25, 0.3) is 6.08 Å². The van der Waals surface area contributed by atoms with Gasteiger partial charge in [0.25, 0.3) is 11.1 Å². The maximum absolute atomic E-state index is 12.7. The predicted molar refractivity (Wildman–Crippen MR) is 116 cm³/mol. The van der Waals surface area contributed by atoms with Crippen LogP contribution in [0.1, 0.15) is 51.2 Å². The number of hydrogen-bond donors (Lipinski definition) is 0. The molecular formula is C21H25ClN2O4S. The molecule has 6 nitrogen and oxygen atoms in total. The topological polar surface area (TPSA) is 66.9 Å². The summed E-state index contributed by atoms with van der Waals surface area (Å²) in [7, 11) is 3.28. The van der Waals surface area contributed by atoms with Crippen molar-refractivity contribution in [3.05, 3.63) is 33.2 Å². The van der Waals surface area contributed by atoms with Crippen LogP contribution in [-0.4, -0.2) is 47.8 Å². The van der Waals surface area contributed by atoms with Crippen LogP contribution < -0.4 is 4.90 Å². The Labute approximate surface area is 180 Å². The molecular weight excluding hydrogens is 412 g/mol. The monoisotopic (exact) mass is 436 g/mol. The van der Waals surface area contributed by atoms with Crippen LogP contribution >= 0.6 is 23.4 Å². The van der Waals surface area contributed by atoms with Gasteiger partial charge in [-0.2, -0.15) is 0 Å². The number of rotatable bonds is 3. The zero-order valence-electron chi connectivity index (χ0n) is 17.4. The zero-order valence-corrected chi connectivity index (χ0v) is 19.0. The van der Waals surface area contributed by atoms with E-state index in [-0.39, 0.29) is 10.4 Å². The highest BCUT2D eigenvalue weighted by molar-refractivity contribution is 8.18. The van der Waals surface area contributed by atoms with Gasteiger partial charge < -0.3 is 9.64 Å². The summed E-state index contributed by atoms with van der Waals surface area (Å²) in [5.74, 6) is -0.826. The molecule has 0 spiro atoms. The highest BCUT2D eigenvalue weighted by Gasteiger charge is 2.41. The summed E-state index contributed by atoms with van der Waals surface area (Å²) in [6.07, 6.45) is 2.62. The predicted octanol–water partition coefficient (Wildman–Crippen LogP) is 4.66. The fourth-order valence-corrected chi connectivity index (χ4v) is 5.06. The van der Waals surface area contributed by atoms with Crippen molar-refractivity contribution >= 4 is 52.2 Å². The van der Waals surface area contributed by atoms with Gasteiger partial charge in [0, 0.05) is 23.3 Å². The molecule has 0 N–H and O–H groups in total. The molecule has 2 aliphatic rings. The Balaban J connectivity index is 1.98. The molecule has 0 aliphatic carbocycles. The second-order valence-electron chi connectivity index (χ2n) is 8.16. The average Bonchev–Trinajstić information content (AvgIpc) is 2.92. The maximum Gasteiger partial charge on any atom is 0.328 e. The number of esters is 1. The normalized spacial score (nSPS) is 23.4. The first-order chi connectivity index (χ1) is 13.5. The van der Waals surface area contributed by atoms with Crippen LogP contribution in [0.3, 0.4) is 0 Å². The van der Waals surface area contributed by atoms with Crippen LogP contribution in [0.2, 0.25) is 5.02 Å². The second-order valence-corrected chi connectivity index (χ2v) is 9.56. The summed E-state index contributed by atoms with van der Waals surface area (Å²) in [6.45, 7) is 8.05. The molecule has 0 saturated carbocycles. The van der Waals surface area contributed by atoms with Gasteiger partial charge in [0.2, 0.25) is 0 Å². The van der Waals surface area contributed by atoms with E-state index in [9.17, 15) is 14.4 Å². The lowest BCUT2D eigenvalue weighted by atomic mass is 9.80. The second kappa shape index (κ2) is 7.69. The lowest BCUT2D eigenvalue weighted by molar-refractivity contribution is -0.148. The van der Waals surface area contributed by atoms with Gasteiger partial charge in [-0.15, -0.1) is 0 Å². The summed E-state index contributed by atoms with van der Waals surface area (Å²) in [5, 5.41) is 0.0106. The van der Waals surface area contributed by atoms with E-state index in [0.717, 1.165) is 34.3 Å². The zero-order chi connectivity index (χ0) is 21.7. The Bertz CT molecular complexity index is 928. The number of amides is 2. The molecule has 29 heavy (non-hydrogen) atoms. The first kappa shape index (κ1) is 21.7. The number of anilines is 1. The number of carbonyl (C=O) groups excluding carboxylic acids is 3. The summed E-state index contributed by atoms with van der Waals surface area (Å²) < 4.78 is 4.66. The van der Waals surface area contributed by atoms with Crippen molar-refractivity contribution in [2.75, 3.05) is 19.1 Å². The molecule has 1 fully saturated rings. The molecule has 0 unspecified atom stereocenters. The number of fused-ring (bicyclic) bond motifs is 1. The van der Waals surface area contributed by atoms with E-state index >= 15 is 0 Å². The Hall–Kier alpha value is -1.99. The fourth-order valence-electron chi connectivity index (χ4n) is 3.95. The van der Waals surface area contributed by atoms with Crippen LogP contribution in [-0.2, 0) is 14.3 Å². The number of imide groups is 1. The summed E-state index contributed by atoms with van der Waals surface area (Å²) in [5.41, 5.74) is 2.93. The number of hydrogen-bond acceptors (Lipinski definition) is 6. The summed E-state index contributed by atoms with van der Waals surface area (Å²) in [4.78, 5) is 40.2. The smallest absolute Gasteiger partial charge is 0.328 e. The van der Waals surface area contributed by atoms with Gasteiger partial charge in [0.15, 0.2) is 0 Å². The van der Waals surface area contributed by atoms with E-state index in [2.05, 4.69) is 37.5 Å². The van der Waals surface area contributed by atoms with Crippen molar-refractivity contribution in [1.82, 2.24) is 4.90 Å². The van der Waals surface area contributed by atoms with Crippen LogP contribution in [0.4, 0.5) is 10.5 Å². The minimum absolute atomic E-state index is 0.0178. The summed E-state index contributed by atoms with van der Waals surface area (Å²) >= 11 is 7.34. The molecule has 1 aromatic rings. The molecule has 0 radical (unpaired) electrons. The molecule has 0 aromatic heterocycles. The number of benzene rings is 1. The number of thioether (sulfide) groups is 1. The Morgan fingerprint density at radius 1 is 1.38 bits per heavy atom. The van der Waals surface area contributed by atoms with E-state index < -0.39 is 23.2 Å². The standard InChI is InChI=1S/C21H25ClN2O4S/c1-11-10-21(3,4)23(5)16-9-15(22)13(7-14(11)16)8-17-18(25)24(20(27)29-17)12(2)19(26)28-6/h7-9,11-12H,10H2,1-6H3/b17-8+/t11-,12+/m0/s1. The van der Waals surface area contributed by atoms with Crippen molar-refractivity contribution in [3.8, 4) is 0 Å². The van der Waals surface area contributed by atoms with Gasteiger partial charge >= 0.3 is 5.97 Å². The molecule has 1 saturated heterocycles. The molecule has 1 aromatic carbocycles. The van der Waals surface area contributed by atoms with E-state index in [1.54, 1.807) is 6.08 Å². The van der Waals surface area contributed by atoms with Crippen molar-refractivity contribution in [2.24, 2.45) is 0 Å². The maximum atomic E-state index is 12.7. The Kier molecular flexibility index (Phi) is 5.75. The molecule has 3 rings (SSSR count). The molecule has 8 heteroatoms. The van der Waals surface area contributed by atoms with E-state index in [4.69, 9.17) is 11.6 Å².